The van der Waals surface area contributed by atoms with E-state index in [-0.39, 0.29) is 0 Å². The molecule has 1 aromatic carbocycles. The molecule has 0 amide bonds. The van der Waals surface area contributed by atoms with Gasteiger partial charge in [-0.3, -0.25) is 5.10 Å². The molecule has 2 aromatic rings. The molecule has 3 nitrogen and oxygen atoms in total. The van der Waals surface area contributed by atoms with E-state index >= 15 is 0 Å². The summed E-state index contributed by atoms with van der Waals surface area (Å²) in [4.78, 5) is 0. The van der Waals surface area contributed by atoms with Gasteiger partial charge in [0, 0.05) is 11.3 Å². The third-order valence-electron chi connectivity index (χ3n) is 3.61. The average molecular weight is 227 g/mol. The maximum atomic E-state index is 5.91. The Morgan fingerprint density at radius 2 is 1.94 bits per heavy atom. The highest BCUT2D eigenvalue weighted by Gasteiger charge is 2.14. The molecule has 1 aromatic heterocycles. The summed E-state index contributed by atoms with van der Waals surface area (Å²) in [6.45, 7) is 2.01. The summed E-state index contributed by atoms with van der Waals surface area (Å²) >= 11 is 0. The summed E-state index contributed by atoms with van der Waals surface area (Å²) in [5, 5.41) is 7.00. The number of aromatic amines is 1. The number of benzene rings is 1. The van der Waals surface area contributed by atoms with Crippen LogP contribution in [0, 0.1) is 6.92 Å². The Balaban J connectivity index is 2.10. The van der Waals surface area contributed by atoms with Crippen molar-refractivity contribution in [2.75, 3.05) is 5.73 Å². The Morgan fingerprint density at radius 3 is 2.65 bits per heavy atom. The van der Waals surface area contributed by atoms with Gasteiger partial charge in [0.05, 0.1) is 0 Å². The minimum Gasteiger partial charge on any atom is -0.382 e. The smallest absolute Gasteiger partial charge is 0.153 e. The lowest BCUT2D eigenvalue weighted by Crippen LogP contribution is -2.02. The first-order chi connectivity index (χ1) is 8.25. The van der Waals surface area contributed by atoms with E-state index in [9.17, 15) is 0 Å². The highest BCUT2D eigenvalue weighted by molar-refractivity contribution is 5.76. The van der Waals surface area contributed by atoms with E-state index in [0.29, 0.717) is 5.82 Å². The Morgan fingerprint density at radius 1 is 1.18 bits per heavy atom. The zero-order valence-corrected chi connectivity index (χ0v) is 10.1. The summed E-state index contributed by atoms with van der Waals surface area (Å²) in [5.74, 6) is 0.596. The fourth-order valence-corrected chi connectivity index (χ4v) is 2.70. The van der Waals surface area contributed by atoms with Crippen molar-refractivity contribution in [1.82, 2.24) is 10.2 Å². The molecule has 0 bridgehead atoms. The first-order valence-electron chi connectivity index (χ1n) is 6.18. The molecular formula is C14H17N3. The molecule has 88 valence electrons. The van der Waals surface area contributed by atoms with Crippen molar-refractivity contribution < 1.29 is 0 Å². The molecule has 3 heteroatoms. The zero-order valence-electron chi connectivity index (χ0n) is 10.1. The van der Waals surface area contributed by atoms with Crippen LogP contribution in [0.2, 0.25) is 0 Å². The Labute approximate surface area is 101 Å². The van der Waals surface area contributed by atoms with Crippen molar-refractivity contribution in [3.05, 3.63) is 35.0 Å². The predicted octanol–water partition coefficient (Wildman–Crippen LogP) is 2.85. The van der Waals surface area contributed by atoms with Gasteiger partial charge in [0.1, 0.15) is 0 Å². The lowest BCUT2D eigenvalue weighted by molar-refractivity contribution is 0.686. The quantitative estimate of drug-likeness (QED) is 0.787. The van der Waals surface area contributed by atoms with E-state index in [0.717, 1.165) is 11.3 Å². The van der Waals surface area contributed by atoms with Crippen molar-refractivity contribution in [2.24, 2.45) is 0 Å². The number of rotatable bonds is 1. The average Bonchev–Trinajstić information content (AvgIpc) is 2.68. The molecule has 1 heterocycles. The lowest BCUT2D eigenvalue weighted by Gasteiger charge is -2.16. The molecule has 3 rings (SSSR count). The Kier molecular flexibility index (Phi) is 2.39. The summed E-state index contributed by atoms with van der Waals surface area (Å²) in [7, 11) is 0. The maximum Gasteiger partial charge on any atom is 0.153 e. The van der Waals surface area contributed by atoms with Crippen molar-refractivity contribution in [1.29, 1.82) is 0 Å². The van der Waals surface area contributed by atoms with Gasteiger partial charge < -0.3 is 5.73 Å². The van der Waals surface area contributed by atoms with Crippen LogP contribution in [0.3, 0.4) is 0 Å². The largest absolute Gasteiger partial charge is 0.382 e. The molecule has 0 radical (unpaired) electrons. The highest BCUT2D eigenvalue weighted by atomic mass is 15.2. The van der Waals surface area contributed by atoms with E-state index < -0.39 is 0 Å². The van der Waals surface area contributed by atoms with Gasteiger partial charge in [0.2, 0.25) is 0 Å². The van der Waals surface area contributed by atoms with Crippen molar-refractivity contribution >= 4 is 5.82 Å². The molecular weight excluding hydrogens is 210 g/mol. The number of aromatic nitrogens is 2. The van der Waals surface area contributed by atoms with Crippen LogP contribution in [0.4, 0.5) is 5.82 Å². The molecule has 0 atom stereocenters. The van der Waals surface area contributed by atoms with Gasteiger partial charge in [-0.15, -0.1) is 0 Å². The van der Waals surface area contributed by atoms with Gasteiger partial charge in [-0.1, -0.05) is 18.2 Å². The standard InChI is InChI=1S/C14H17N3/c1-9-13(14(15)17-16-9)12-7-6-10-4-2-3-5-11(10)8-12/h6-8H,2-5H2,1H3,(H3,15,16,17). The van der Waals surface area contributed by atoms with Crippen LogP contribution < -0.4 is 5.73 Å². The maximum absolute atomic E-state index is 5.91. The van der Waals surface area contributed by atoms with Gasteiger partial charge in [-0.2, -0.15) is 5.10 Å². The van der Waals surface area contributed by atoms with Crippen LogP contribution in [-0.2, 0) is 12.8 Å². The molecule has 1 aliphatic rings. The zero-order chi connectivity index (χ0) is 11.8. The summed E-state index contributed by atoms with van der Waals surface area (Å²) in [6, 6.07) is 6.69. The van der Waals surface area contributed by atoms with E-state index in [1.54, 1.807) is 0 Å². The number of anilines is 1. The van der Waals surface area contributed by atoms with Gasteiger partial charge in [-0.05, 0) is 49.3 Å². The van der Waals surface area contributed by atoms with Gasteiger partial charge in [0.15, 0.2) is 5.82 Å². The number of nitrogens with two attached hydrogens (primary N) is 1. The number of H-pyrrole nitrogens is 1. The lowest BCUT2D eigenvalue weighted by atomic mass is 9.89. The number of nitrogens with zero attached hydrogens (tertiary/aromatic N) is 1. The van der Waals surface area contributed by atoms with Crippen molar-refractivity contribution in [3.8, 4) is 11.1 Å². The second-order valence-electron chi connectivity index (χ2n) is 4.80. The third-order valence-corrected chi connectivity index (χ3v) is 3.61. The SMILES string of the molecule is Cc1[nH]nc(N)c1-c1ccc2c(c1)CCCC2. The third kappa shape index (κ3) is 1.71. The number of nitrogens with one attached hydrogen (secondary N) is 1. The predicted molar refractivity (Wildman–Crippen MR) is 69.8 cm³/mol. The molecule has 1 aliphatic carbocycles. The fourth-order valence-electron chi connectivity index (χ4n) is 2.70. The molecule has 0 fully saturated rings. The summed E-state index contributed by atoms with van der Waals surface area (Å²) in [6.07, 6.45) is 5.03. The molecule has 0 aliphatic heterocycles. The summed E-state index contributed by atoms with van der Waals surface area (Å²) in [5.41, 5.74) is 12.2. The number of nitrogen functional groups attached to an aromatic ring is 1. The number of hydrogen-bond acceptors (Lipinski definition) is 2. The molecule has 3 N–H and O–H groups in total. The summed E-state index contributed by atoms with van der Waals surface area (Å²) < 4.78 is 0. The molecule has 0 saturated heterocycles. The minimum atomic E-state index is 0.596. The first kappa shape index (κ1) is 10.4. The molecule has 0 saturated carbocycles. The van der Waals surface area contributed by atoms with Crippen molar-refractivity contribution in [2.45, 2.75) is 32.6 Å². The van der Waals surface area contributed by atoms with E-state index in [2.05, 4.69) is 28.4 Å². The number of fused-ring (bicyclic) bond motifs is 1. The molecule has 0 unspecified atom stereocenters. The van der Waals surface area contributed by atoms with Crippen molar-refractivity contribution in [3.63, 3.8) is 0 Å². The monoisotopic (exact) mass is 227 g/mol. The van der Waals surface area contributed by atoms with Crippen LogP contribution in [0.1, 0.15) is 29.7 Å². The van der Waals surface area contributed by atoms with E-state index in [1.165, 1.54) is 42.4 Å². The van der Waals surface area contributed by atoms with E-state index in [4.69, 9.17) is 5.73 Å². The molecule has 0 spiro atoms. The highest BCUT2D eigenvalue weighted by Crippen LogP contribution is 2.31. The Hall–Kier alpha value is -1.77. The van der Waals surface area contributed by atoms with E-state index in [1.807, 2.05) is 6.92 Å². The van der Waals surface area contributed by atoms with Crippen LogP contribution >= 0.6 is 0 Å². The molecule has 17 heavy (non-hydrogen) atoms. The van der Waals surface area contributed by atoms with Crippen LogP contribution in [0.15, 0.2) is 18.2 Å². The van der Waals surface area contributed by atoms with Gasteiger partial charge in [-0.25, -0.2) is 0 Å². The second kappa shape index (κ2) is 3.91. The topological polar surface area (TPSA) is 54.7 Å². The Bertz CT molecular complexity index is 535. The normalized spacial score (nSPS) is 14.6. The fraction of sp³-hybridized carbons (Fsp3) is 0.357. The van der Waals surface area contributed by atoms with Gasteiger partial charge in [0.25, 0.3) is 0 Å². The van der Waals surface area contributed by atoms with Crippen LogP contribution in [-0.4, -0.2) is 10.2 Å². The number of hydrogen-bond donors (Lipinski definition) is 2. The second-order valence-corrected chi connectivity index (χ2v) is 4.80. The van der Waals surface area contributed by atoms with Crippen LogP contribution in [0.25, 0.3) is 11.1 Å². The number of aryl methyl sites for hydroxylation is 3. The minimum absolute atomic E-state index is 0.596. The van der Waals surface area contributed by atoms with Gasteiger partial charge >= 0.3 is 0 Å². The van der Waals surface area contributed by atoms with Crippen LogP contribution in [0.5, 0.6) is 0 Å². The first-order valence-corrected chi connectivity index (χ1v) is 6.18.